The maximum atomic E-state index is 12.4. The summed E-state index contributed by atoms with van der Waals surface area (Å²) in [4.78, 5) is 21.1. The number of hydrogen-bond acceptors (Lipinski definition) is 5. The number of nitrogens with zero attached hydrogens (tertiary/aromatic N) is 5. The predicted octanol–water partition coefficient (Wildman–Crippen LogP) is 1.38. The van der Waals surface area contributed by atoms with E-state index in [0.29, 0.717) is 6.54 Å². The number of amides is 1. The lowest BCUT2D eigenvalue weighted by Gasteiger charge is -2.21. The van der Waals surface area contributed by atoms with Crippen molar-refractivity contribution in [2.24, 2.45) is 0 Å². The van der Waals surface area contributed by atoms with Gasteiger partial charge in [0, 0.05) is 44.3 Å². The van der Waals surface area contributed by atoms with Crippen molar-refractivity contribution in [1.82, 2.24) is 24.6 Å². The summed E-state index contributed by atoms with van der Waals surface area (Å²) in [6.45, 7) is 6.72. The Balaban J connectivity index is 1.52. The molecule has 6 nitrogen and oxygen atoms in total. The van der Waals surface area contributed by atoms with Crippen molar-refractivity contribution in [3.8, 4) is 0 Å². The fourth-order valence-corrected chi connectivity index (χ4v) is 3.26. The van der Waals surface area contributed by atoms with Gasteiger partial charge in [-0.25, -0.2) is 4.98 Å². The van der Waals surface area contributed by atoms with Crippen LogP contribution in [-0.2, 0) is 17.9 Å². The first-order chi connectivity index (χ1) is 10.7. The molecule has 0 radical (unpaired) electrons. The minimum atomic E-state index is 0.151. The van der Waals surface area contributed by atoms with Crippen LogP contribution in [0.2, 0.25) is 0 Å². The highest BCUT2D eigenvalue weighted by molar-refractivity contribution is 7.07. The van der Waals surface area contributed by atoms with Crippen molar-refractivity contribution >= 4 is 17.2 Å². The summed E-state index contributed by atoms with van der Waals surface area (Å²) < 4.78 is 1.72. The van der Waals surface area contributed by atoms with Gasteiger partial charge in [0.25, 0.3) is 0 Å². The molecule has 0 spiro atoms. The molecule has 2 aromatic rings. The van der Waals surface area contributed by atoms with E-state index < -0.39 is 0 Å². The largest absolute Gasteiger partial charge is 0.340 e. The van der Waals surface area contributed by atoms with Crippen LogP contribution < -0.4 is 0 Å². The lowest BCUT2D eigenvalue weighted by molar-refractivity contribution is -0.131. The van der Waals surface area contributed by atoms with Crippen LogP contribution in [0.4, 0.5) is 0 Å². The predicted molar refractivity (Wildman–Crippen MR) is 85.6 cm³/mol. The van der Waals surface area contributed by atoms with Crippen LogP contribution in [0.25, 0.3) is 0 Å². The van der Waals surface area contributed by atoms with Gasteiger partial charge < -0.3 is 4.90 Å². The van der Waals surface area contributed by atoms with Crippen LogP contribution in [0, 0.1) is 6.92 Å². The van der Waals surface area contributed by atoms with Crippen LogP contribution in [0.3, 0.4) is 0 Å². The van der Waals surface area contributed by atoms with Gasteiger partial charge in [0.2, 0.25) is 5.91 Å². The number of aromatic nitrogens is 3. The summed E-state index contributed by atoms with van der Waals surface area (Å²) >= 11 is 1.63. The molecular formula is C15H21N5OS. The average Bonchev–Trinajstić information content (AvgIpc) is 3.07. The molecule has 0 aromatic carbocycles. The van der Waals surface area contributed by atoms with E-state index in [1.807, 2.05) is 23.5 Å². The molecule has 0 bridgehead atoms. The van der Waals surface area contributed by atoms with Crippen molar-refractivity contribution in [1.29, 1.82) is 0 Å². The summed E-state index contributed by atoms with van der Waals surface area (Å²) in [5.41, 5.74) is 4.07. The Bertz CT molecular complexity index is 609. The van der Waals surface area contributed by atoms with Crippen LogP contribution >= 0.6 is 11.3 Å². The highest BCUT2D eigenvalue weighted by Crippen LogP contribution is 2.10. The minimum absolute atomic E-state index is 0.151. The molecule has 118 valence electrons. The third-order valence-electron chi connectivity index (χ3n) is 3.87. The molecule has 7 heteroatoms. The monoisotopic (exact) mass is 319 g/mol. The van der Waals surface area contributed by atoms with Gasteiger partial charge in [-0.1, -0.05) is 0 Å². The molecule has 1 amide bonds. The topological polar surface area (TPSA) is 54.3 Å². The van der Waals surface area contributed by atoms with Crippen LogP contribution in [-0.4, -0.2) is 56.7 Å². The Hall–Kier alpha value is -1.73. The molecule has 2 aromatic heterocycles. The van der Waals surface area contributed by atoms with E-state index in [-0.39, 0.29) is 5.91 Å². The molecule has 22 heavy (non-hydrogen) atoms. The van der Waals surface area contributed by atoms with Gasteiger partial charge in [-0.05, 0) is 18.9 Å². The second-order valence-electron chi connectivity index (χ2n) is 5.71. The lowest BCUT2D eigenvalue weighted by Crippen LogP contribution is -2.37. The summed E-state index contributed by atoms with van der Waals surface area (Å²) in [6, 6.07) is 0. The van der Waals surface area contributed by atoms with Gasteiger partial charge >= 0.3 is 0 Å². The van der Waals surface area contributed by atoms with E-state index in [1.165, 1.54) is 0 Å². The third-order valence-corrected chi connectivity index (χ3v) is 4.51. The number of hydrogen-bond donors (Lipinski definition) is 0. The SMILES string of the molecule is Cc1cnn(CC(=O)N2CCCN(Cc3cscn3)CC2)c1. The molecule has 3 heterocycles. The molecular weight excluding hydrogens is 298 g/mol. The molecule has 1 fully saturated rings. The molecule has 3 rings (SSSR count). The third kappa shape index (κ3) is 3.92. The number of carbonyl (C=O) groups is 1. The van der Waals surface area contributed by atoms with E-state index in [4.69, 9.17) is 0 Å². The van der Waals surface area contributed by atoms with Gasteiger partial charge in [-0.15, -0.1) is 11.3 Å². The Labute approximate surface area is 134 Å². The van der Waals surface area contributed by atoms with Crippen molar-refractivity contribution < 1.29 is 4.79 Å². The van der Waals surface area contributed by atoms with Gasteiger partial charge in [0.05, 0.1) is 17.4 Å². The molecule has 1 saturated heterocycles. The minimum Gasteiger partial charge on any atom is -0.340 e. The second kappa shape index (κ2) is 7.02. The zero-order valence-corrected chi connectivity index (χ0v) is 13.6. The van der Waals surface area contributed by atoms with Crippen molar-refractivity contribution in [3.05, 3.63) is 34.5 Å². The molecule has 0 atom stereocenters. The Kier molecular flexibility index (Phi) is 4.84. The van der Waals surface area contributed by atoms with Gasteiger partial charge in [0.15, 0.2) is 0 Å². The van der Waals surface area contributed by atoms with E-state index in [2.05, 4.69) is 20.4 Å². The normalized spacial score (nSPS) is 16.7. The molecule has 0 unspecified atom stereocenters. The highest BCUT2D eigenvalue weighted by Gasteiger charge is 2.19. The van der Waals surface area contributed by atoms with Crippen molar-refractivity contribution in [2.75, 3.05) is 26.2 Å². The Morgan fingerprint density at radius 3 is 2.95 bits per heavy atom. The lowest BCUT2D eigenvalue weighted by atomic mass is 10.3. The smallest absolute Gasteiger partial charge is 0.244 e. The summed E-state index contributed by atoms with van der Waals surface area (Å²) in [5, 5.41) is 6.28. The van der Waals surface area contributed by atoms with Crippen LogP contribution in [0.15, 0.2) is 23.3 Å². The van der Waals surface area contributed by atoms with E-state index in [0.717, 1.165) is 50.4 Å². The van der Waals surface area contributed by atoms with E-state index in [1.54, 1.807) is 22.2 Å². The quantitative estimate of drug-likeness (QED) is 0.854. The Morgan fingerprint density at radius 2 is 2.23 bits per heavy atom. The number of thiazole rings is 1. The standard InChI is InChI=1S/C15H21N5OS/c1-13-7-17-20(8-13)10-15(21)19-4-2-3-18(5-6-19)9-14-11-22-12-16-14/h7-8,11-12H,2-6,9-10H2,1H3. The molecule has 0 N–H and O–H groups in total. The summed E-state index contributed by atoms with van der Waals surface area (Å²) in [6.07, 6.45) is 4.70. The van der Waals surface area contributed by atoms with Gasteiger partial charge in [0.1, 0.15) is 6.54 Å². The van der Waals surface area contributed by atoms with Gasteiger partial charge in [-0.3, -0.25) is 14.4 Å². The maximum absolute atomic E-state index is 12.4. The Morgan fingerprint density at radius 1 is 1.32 bits per heavy atom. The second-order valence-corrected chi connectivity index (χ2v) is 6.42. The first-order valence-electron chi connectivity index (χ1n) is 7.57. The van der Waals surface area contributed by atoms with Crippen molar-refractivity contribution in [2.45, 2.75) is 26.4 Å². The number of aryl methyl sites for hydroxylation is 1. The van der Waals surface area contributed by atoms with Crippen LogP contribution in [0.1, 0.15) is 17.7 Å². The fraction of sp³-hybridized carbons (Fsp3) is 0.533. The van der Waals surface area contributed by atoms with Crippen molar-refractivity contribution in [3.63, 3.8) is 0 Å². The summed E-state index contributed by atoms with van der Waals surface area (Å²) in [7, 11) is 0. The first-order valence-corrected chi connectivity index (χ1v) is 8.51. The zero-order valence-electron chi connectivity index (χ0n) is 12.8. The average molecular weight is 319 g/mol. The highest BCUT2D eigenvalue weighted by atomic mass is 32.1. The zero-order chi connectivity index (χ0) is 15.4. The van der Waals surface area contributed by atoms with Crippen LogP contribution in [0.5, 0.6) is 0 Å². The van der Waals surface area contributed by atoms with E-state index >= 15 is 0 Å². The van der Waals surface area contributed by atoms with E-state index in [9.17, 15) is 4.79 Å². The number of carbonyl (C=O) groups excluding carboxylic acids is 1. The fourth-order valence-electron chi connectivity index (χ4n) is 2.72. The molecule has 1 aliphatic rings. The molecule has 0 aliphatic carbocycles. The maximum Gasteiger partial charge on any atom is 0.244 e. The summed E-state index contributed by atoms with van der Waals surface area (Å²) in [5.74, 6) is 0.151. The molecule has 1 aliphatic heterocycles. The molecule has 0 saturated carbocycles. The number of rotatable bonds is 4. The first kappa shape index (κ1) is 15.2. The van der Waals surface area contributed by atoms with Gasteiger partial charge in [-0.2, -0.15) is 5.10 Å².